The minimum absolute atomic E-state index is 0.00221. The van der Waals surface area contributed by atoms with E-state index in [1.807, 2.05) is 42.5 Å². The standard InChI is InChI=1S/C27H18BrClN4O3S/c28-23-15-30-32(16-17-6-8-18(29)9-7-17)24(23)14-22-25(34)31-27(37)33(26(22)35)19-10-12-21(13-11-19)36-20-4-2-1-3-5-20/h1-15H,16H2,(H,31,34,37)/b22-14+. The van der Waals surface area contributed by atoms with Crippen LogP contribution in [0, 0.1) is 0 Å². The number of benzene rings is 3. The highest BCUT2D eigenvalue weighted by Crippen LogP contribution is 2.28. The van der Waals surface area contributed by atoms with Crippen LogP contribution >= 0.6 is 39.7 Å². The number of ether oxygens (including phenoxy) is 1. The molecule has 0 spiro atoms. The fourth-order valence-electron chi connectivity index (χ4n) is 3.72. The van der Waals surface area contributed by atoms with E-state index in [0.717, 1.165) is 5.56 Å². The summed E-state index contributed by atoms with van der Waals surface area (Å²) in [5.74, 6) is 0.163. The molecule has 37 heavy (non-hydrogen) atoms. The van der Waals surface area contributed by atoms with E-state index in [2.05, 4.69) is 26.3 Å². The second-order valence-corrected chi connectivity index (χ2v) is 9.71. The predicted octanol–water partition coefficient (Wildman–Crippen LogP) is 5.97. The summed E-state index contributed by atoms with van der Waals surface area (Å²) >= 11 is 14.8. The highest BCUT2D eigenvalue weighted by molar-refractivity contribution is 9.10. The van der Waals surface area contributed by atoms with Gasteiger partial charge >= 0.3 is 0 Å². The van der Waals surface area contributed by atoms with Crippen LogP contribution in [0.4, 0.5) is 5.69 Å². The van der Waals surface area contributed by atoms with E-state index in [4.69, 9.17) is 28.6 Å². The van der Waals surface area contributed by atoms with Gasteiger partial charge in [-0.25, -0.2) is 0 Å². The van der Waals surface area contributed by atoms with Gasteiger partial charge in [0.1, 0.15) is 17.1 Å². The molecule has 1 fully saturated rings. The van der Waals surface area contributed by atoms with Gasteiger partial charge in [-0.05, 0) is 88.3 Å². The lowest BCUT2D eigenvalue weighted by molar-refractivity contribution is -0.122. The van der Waals surface area contributed by atoms with Crippen LogP contribution < -0.4 is 15.0 Å². The maximum Gasteiger partial charge on any atom is 0.270 e. The first-order valence-corrected chi connectivity index (χ1v) is 12.7. The first-order chi connectivity index (χ1) is 17.9. The molecule has 1 N–H and O–H groups in total. The number of aromatic nitrogens is 2. The number of carbonyl (C=O) groups excluding carboxylic acids is 2. The third-order valence-electron chi connectivity index (χ3n) is 5.54. The summed E-state index contributed by atoms with van der Waals surface area (Å²) in [7, 11) is 0. The summed E-state index contributed by atoms with van der Waals surface area (Å²) in [5, 5.41) is 7.62. The van der Waals surface area contributed by atoms with Crippen molar-refractivity contribution >= 4 is 68.4 Å². The van der Waals surface area contributed by atoms with Gasteiger partial charge in [0.2, 0.25) is 0 Å². The van der Waals surface area contributed by atoms with Crippen molar-refractivity contribution in [1.82, 2.24) is 15.1 Å². The van der Waals surface area contributed by atoms with E-state index in [9.17, 15) is 9.59 Å². The predicted molar refractivity (Wildman–Crippen MR) is 150 cm³/mol. The van der Waals surface area contributed by atoms with Gasteiger partial charge in [0.05, 0.1) is 28.6 Å². The van der Waals surface area contributed by atoms with E-state index >= 15 is 0 Å². The van der Waals surface area contributed by atoms with Crippen LogP contribution in [-0.4, -0.2) is 26.7 Å². The van der Waals surface area contributed by atoms with E-state index in [-0.39, 0.29) is 10.7 Å². The number of halogens is 2. The minimum Gasteiger partial charge on any atom is -0.457 e. The molecule has 4 aromatic rings. The maximum atomic E-state index is 13.5. The number of para-hydroxylation sites is 1. The van der Waals surface area contributed by atoms with Crippen LogP contribution in [0.25, 0.3) is 6.08 Å². The van der Waals surface area contributed by atoms with E-state index < -0.39 is 11.8 Å². The third kappa shape index (κ3) is 5.48. The Morgan fingerprint density at radius 2 is 1.65 bits per heavy atom. The molecule has 10 heteroatoms. The number of carbonyl (C=O) groups is 2. The summed E-state index contributed by atoms with van der Waals surface area (Å²) in [6.45, 7) is 0.419. The molecular formula is C27H18BrClN4O3S. The molecule has 1 saturated heterocycles. The first-order valence-electron chi connectivity index (χ1n) is 11.1. The zero-order chi connectivity index (χ0) is 25.9. The van der Waals surface area contributed by atoms with E-state index in [1.54, 1.807) is 47.3 Å². The molecule has 1 aliphatic rings. The molecule has 0 aliphatic carbocycles. The zero-order valence-electron chi connectivity index (χ0n) is 19.1. The van der Waals surface area contributed by atoms with Crippen LogP contribution in [-0.2, 0) is 16.1 Å². The number of rotatable bonds is 6. The Morgan fingerprint density at radius 1 is 0.973 bits per heavy atom. The molecule has 1 aromatic heterocycles. The Labute approximate surface area is 231 Å². The lowest BCUT2D eigenvalue weighted by Gasteiger charge is -2.29. The normalized spacial score (nSPS) is 14.7. The lowest BCUT2D eigenvalue weighted by atomic mass is 10.1. The van der Waals surface area contributed by atoms with Crippen LogP contribution in [0.5, 0.6) is 11.5 Å². The highest BCUT2D eigenvalue weighted by Gasteiger charge is 2.35. The van der Waals surface area contributed by atoms with Gasteiger partial charge in [0.25, 0.3) is 11.8 Å². The molecule has 0 bridgehead atoms. The van der Waals surface area contributed by atoms with Crippen molar-refractivity contribution < 1.29 is 14.3 Å². The fourth-order valence-corrected chi connectivity index (χ4v) is 4.54. The largest absolute Gasteiger partial charge is 0.457 e. The van der Waals surface area contributed by atoms with Gasteiger partial charge < -0.3 is 4.74 Å². The molecule has 7 nitrogen and oxygen atoms in total. The monoisotopic (exact) mass is 592 g/mol. The Hall–Kier alpha value is -3.79. The van der Waals surface area contributed by atoms with Gasteiger partial charge in [-0.3, -0.25) is 24.5 Å². The Morgan fingerprint density at radius 3 is 2.35 bits per heavy atom. The van der Waals surface area contributed by atoms with Crippen LogP contribution in [0.1, 0.15) is 11.3 Å². The van der Waals surface area contributed by atoms with Crippen molar-refractivity contribution in [1.29, 1.82) is 0 Å². The van der Waals surface area contributed by atoms with Crippen LogP contribution in [0.3, 0.4) is 0 Å². The number of hydrogen-bond acceptors (Lipinski definition) is 5. The lowest BCUT2D eigenvalue weighted by Crippen LogP contribution is -2.54. The van der Waals surface area contributed by atoms with E-state index in [0.29, 0.717) is 38.9 Å². The number of anilines is 1. The topological polar surface area (TPSA) is 76.5 Å². The molecule has 0 atom stereocenters. The summed E-state index contributed by atoms with van der Waals surface area (Å²) in [5.41, 5.74) is 1.94. The number of nitrogens with one attached hydrogen (secondary N) is 1. The Kier molecular flexibility index (Phi) is 7.18. The van der Waals surface area contributed by atoms with Crippen LogP contribution in [0.15, 0.2) is 95.1 Å². The number of hydrogen-bond donors (Lipinski definition) is 1. The van der Waals surface area contributed by atoms with Gasteiger partial charge in [0.15, 0.2) is 5.11 Å². The molecule has 0 radical (unpaired) electrons. The fraction of sp³-hybridized carbons (Fsp3) is 0.0370. The van der Waals surface area contributed by atoms with Crippen molar-refractivity contribution in [2.45, 2.75) is 6.54 Å². The average molecular weight is 594 g/mol. The molecule has 0 unspecified atom stereocenters. The van der Waals surface area contributed by atoms with Crippen molar-refractivity contribution in [2.75, 3.05) is 4.90 Å². The number of nitrogens with zero attached hydrogens (tertiary/aromatic N) is 3. The van der Waals surface area contributed by atoms with Gasteiger partial charge in [0, 0.05) is 5.02 Å². The molecule has 0 saturated carbocycles. The van der Waals surface area contributed by atoms with Crippen LogP contribution in [0.2, 0.25) is 5.02 Å². The summed E-state index contributed by atoms with van der Waals surface area (Å²) in [6, 6.07) is 23.6. The summed E-state index contributed by atoms with van der Waals surface area (Å²) in [4.78, 5) is 27.6. The molecule has 5 rings (SSSR count). The quantitative estimate of drug-likeness (QED) is 0.169. The second kappa shape index (κ2) is 10.7. The van der Waals surface area contributed by atoms with Gasteiger partial charge in [-0.15, -0.1) is 0 Å². The third-order valence-corrected chi connectivity index (χ3v) is 6.68. The van der Waals surface area contributed by atoms with Crippen molar-refractivity contribution in [3.8, 4) is 11.5 Å². The molecule has 3 aromatic carbocycles. The molecule has 2 amide bonds. The summed E-state index contributed by atoms with van der Waals surface area (Å²) < 4.78 is 8.15. The molecular weight excluding hydrogens is 576 g/mol. The maximum absolute atomic E-state index is 13.5. The minimum atomic E-state index is -0.582. The number of amides is 2. The zero-order valence-corrected chi connectivity index (χ0v) is 22.3. The second-order valence-electron chi connectivity index (χ2n) is 8.03. The first kappa shape index (κ1) is 24.9. The van der Waals surface area contributed by atoms with Gasteiger partial charge in [-0.2, -0.15) is 5.10 Å². The number of thiocarbonyl (C=S) groups is 1. The average Bonchev–Trinajstić information content (AvgIpc) is 3.23. The van der Waals surface area contributed by atoms with E-state index in [1.165, 1.54) is 11.0 Å². The Balaban J connectivity index is 1.42. The SMILES string of the molecule is O=C1NC(=S)N(c2ccc(Oc3ccccc3)cc2)C(=O)/C1=C/c1c(Br)cnn1Cc1ccc(Cl)cc1. The molecule has 2 heterocycles. The molecule has 1 aliphatic heterocycles. The van der Waals surface area contributed by atoms with Crippen molar-refractivity contribution in [3.05, 3.63) is 111 Å². The summed E-state index contributed by atoms with van der Waals surface area (Å²) in [6.07, 6.45) is 3.12. The molecule has 184 valence electrons. The highest BCUT2D eigenvalue weighted by atomic mass is 79.9. The van der Waals surface area contributed by atoms with Crippen molar-refractivity contribution in [3.63, 3.8) is 0 Å². The van der Waals surface area contributed by atoms with Gasteiger partial charge in [-0.1, -0.05) is 41.9 Å². The Bertz CT molecular complexity index is 1520. The smallest absolute Gasteiger partial charge is 0.270 e. The van der Waals surface area contributed by atoms with Crippen molar-refractivity contribution in [2.24, 2.45) is 0 Å².